The molecule has 0 aliphatic heterocycles. The normalized spacial score (nSPS) is 30.6. The molecule has 0 aromatic heterocycles. The first-order valence-electron chi connectivity index (χ1n) is 7.09. The molecule has 3 heteroatoms. The van der Waals surface area contributed by atoms with Crippen molar-refractivity contribution < 1.29 is 4.79 Å². The van der Waals surface area contributed by atoms with Crippen LogP contribution in [0.4, 0.5) is 0 Å². The molecule has 3 atom stereocenters. The summed E-state index contributed by atoms with van der Waals surface area (Å²) >= 11 is 0. The van der Waals surface area contributed by atoms with Crippen LogP contribution in [0.1, 0.15) is 26.7 Å². The van der Waals surface area contributed by atoms with Crippen LogP contribution in [0.5, 0.6) is 0 Å². The van der Waals surface area contributed by atoms with Crippen molar-refractivity contribution in [2.45, 2.75) is 45.3 Å². The number of carbonyl (C=O) groups is 1. The van der Waals surface area contributed by atoms with E-state index in [1.807, 2.05) is 13.8 Å². The molecule has 1 N–H and O–H groups in total. The molecule has 0 spiro atoms. The van der Waals surface area contributed by atoms with Crippen molar-refractivity contribution >= 4 is 14.1 Å². The molecule has 2 nitrogen and oxygen atoms in total. The monoisotopic (exact) mass is 263 g/mol. The number of carbonyl (C=O) groups excluding carboxylic acids is 1. The zero-order chi connectivity index (χ0) is 13.3. The average Bonchev–Trinajstić information content (AvgIpc) is 2.72. The highest BCUT2D eigenvalue weighted by molar-refractivity contribution is 6.78. The second-order valence-corrected chi connectivity index (χ2v) is 11.0. The van der Waals surface area contributed by atoms with Gasteiger partial charge in [0.2, 0.25) is 5.91 Å². The number of hydrogen-bond acceptors (Lipinski definition) is 1. The Hall–Kier alpha value is -0.833. The van der Waals surface area contributed by atoms with Gasteiger partial charge in [-0.05, 0) is 23.8 Å². The van der Waals surface area contributed by atoms with Crippen molar-refractivity contribution in [2.75, 3.05) is 0 Å². The fourth-order valence-electron chi connectivity index (χ4n) is 3.35. The Morgan fingerprint density at radius 1 is 1.22 bits per heavy atom. The first-order chi connectivity index (χ1) is 8.42. The summed E-state index contributed by atoms with van der Waals surface area (Å²) in [6, 6.07) is 0. The third-order valence-electron chi connectivity index (χ3n) is 4.47. The van der Waals surface area contributed by atoms with Gasteiger partial charge in [-0.25, -0.2) is 0 Å². The smallest absolute Gasteiger partial charge is 0.214 e. The summed E-state index contributed by atoms with van der Waals surface area (Å²) in [7, 11) is -1.69. The third kappa shape index (κ3) is 2.61. The molecule has 1 saturated carbocycles. The maximum absolute atomic E-state index is 12.0. The molecule has 0 saturated heterocycles. The van der Waals surface area contributed by atoms with Gasteiger partial charge in [0.15, 0.2) is 8.24 Å². The molecular weight excluding hydrogens is 238 g/mol. The van der Waals surface area contributed by atoms with Gasteiger partial charge in [-0.2, -0.15) is 0 Å². The number of rotatable bonds is 3. The Labute approximate surface area is 112 Å². The Kier molecular flexibility index (Phi) is 3.81. The summed E-state index contributed by atoms with van der Waals surface area (Å²) in [6.07, 6.45) is 11.6. The number of nitrogens with one attached hydrogen (secondary N) is 1. The van der Waals surface area contributed by atoms with Gasteiger partial charge in [0.25, 0.3) is 0 Å². The molecule has 2 aliphatic rings. The minimum atomic E-state index is -1.69. The van der Waals surface area contributed by atoms with E-state index in [-0.39, 0.29) is 11.8 Å². The summed E-state index contributed by atoms with van der Waals surface area (Å²) < 4.78 is 0. The molecule has 3 unspecified atom stereocenters. The van der Waals surface area contributed by atoms with Gasteiger partial charge in [-0.3, -0.25) is 4.79 Å². The van der Waals surface area contributed by atoms with Gasteiger partial charge in [-0.1, -0.05) is 57.7 Å². The Bertz CT molecular complexity index is 384. The van der Waals surface area contributed by atoms with Crippen LogP contribution in [0.3, 0.4) is 0 Å². The van der Waals surface area contributed by atoms with E-state index in [9.17, 15) is 4.79 Å². The minimum Gasteiger partial charge on any atom is -0.382 e. The van der Waals surface area contributed by atoms with E-state index < -0.39 is 8.24 Å². The van der Waals surface area contributed by atoms with E-state index in [0.29, 0.717) is 17.4 Å². The fourth-order valence-corrected chi connectivity index (χ4v) is 6.67. The predicted octanol–water partition coefficient (Wildman–Crippen LogP) is 3.49. The molecule has 0 aromatic rings. The second kappa shape index (κ2) is 5.04. The van der Waals surface area contributed by atoms with Crippen molar-refractivity contribution in [3.63, 3.8) is 0 Å². The summed E-state index contributed by atoms with van der Waals surface area (Å²) in [5, 5.41) is 0. The Morgan fingerprint density at radius 2 is 1.89 bits per heavy atom. The highest BCUT2D eigenvalue weighted by atomic mass is 28.3. The molecule has 18 heavy (non-hydrogen) atoms. The van der Waals surface area contributed by atoms with Crippen LogP contribution in [-0.2, 0) is 4.79 Å². The average molecular weight is 263 g/mol. The highest BCUT2D eigenvalue weighted by Gasteiger charge is 2.44. The van der Waals surface area contributed by atoms with Crippen molar-refractivity contribution in [1.82, 2.24) is 4.98 Å². The van der Waals surface area contributed by atoms with Gasteiger partial charge in [-0.15, -0.1) is 0 Å². The van der Waals surface area contributed by atoms with Gasteiger partial charge in [0, 0.05) is 5.92 Å². The largest absolute Gasteiger partial charge is 0.382 e. The van der Waals surface area contributed by atoms with Crippen LogP contribution < -0.4 is 4.98 Å². The lowest BCUT2D eigenvalue weighted by atomic mass is 9.92. The molecule has 0 heterocycles. The first kappa shape index (κ1) is 13.6. The van der Waals surface area contributed by atoms with E-state index in [1.54, 1.807) is 0 Å². The Balaban J connectivity index is 2.08. The molecular formula is C15H25NOSi. The lowest BCUT2D eigenvalue weighted by Crippen LogP contribution is -2.54. The van der Waals surface area contributed by atoms with Crippen molar-refractivity contribution in [3.8, 4) is 0 Å². The lowest BCUT2D eigenvalue weighted by Gasteiger charge is -2.35. The molecule has 1 fully saturated rings. The molecule has 2 rings (SSSR count). The minimum absolute atomic E-state index is 0.0933. The highest BCUT2D eigenvalue weighted by Crippen LogP contribution is 2.48. The molecule has 0 aromatic carbocycles. The van der Waals surface area contributed by atoms with Crippen molar-refractivity contribution in [2.24, 2.45) is 17.8 Å². The van der Waals surface area contributed by atoms with Crippen LogP contribution in [0.25, 0.3) is 0 Å². The van der Waals surface area contributed by atoms with Crippen LogP contribution >= 0.6 is 0 Å². The van der Waals surface area contributed by atoms with Gasteiger partial charge in [0.05, 0.1) is 0 Å². The van der Waals surface area contributed by atoms with Crippen LogP contribution in [0.15, 0.2) is 24.3 Å². The number of hydrogen-bond donors (Lipinski definition) is 1. The second-order valence-electron chi connectivity index (χ2n) is 6.56. The van der Waals surface area contributed by atoms with Gasteiger partial charge in [0.1, 0.15) is 0 Å². The molecule has 0 bridgehead atoms. The number of allylic oxidation sites excluding steroid dienone is 4. The zero-order valence-electron chi connectivity index (χ0n) is 11.9. The standard InChI is InChI=1S/C15H25NOSi/c1-11(2)15(17)16-18(3,4)14-10-9-12-7-5-6-8-13(12)14/h5-8,11-14H,9-10H2,1-4H3,(H,16,17). The van der Waals surface area contributed by atoms with Crippen LogP contribution in [0.2, 0.25) is 18.6 Å². The quantitative estimate of drug-likeness (QED) is 0.776. The predicted molar refractivity (Wildman–Crippen MR) is 78.7 cm³/mol. The van der Waals surface area contributed by atoms with Crippen molar-refractivity contribution in [3.05, 3.63) is 24.3 Å². The molecule has 0 radical (unpaired) electrons. The third-order valence-corrected chi connectivity index (χ3v) is 7.89. The van der Waals surface area contributed by atoms with E-state index in [2.05, 4.69) is 42.4 Å². The van der Waals surface area contributed by atoms with E-state index >= 15 is 0 Å². The lowest BCUT2D eigenvalue weighted by molar-refractivity contribution is -0.122. The first-order valence-corrected chi connectivity index (χ1v) is 10.2. The number of fused-ring (bicyclic) bond motifs is 1. The SMILES string of the molecule is CC(C)C(=O)N[Si](C)(C)C1CCC2C=CC=CC21. The van der Waals surface area contributed by atoms with Crippen molar-refractivity contribution in [1.29, 1.82) is 0 Å². The van der Waals surface area contributed by atoms with E-state index in [1.165, 1.54) is 12.8 Å². The zero-order valence-corrected chi connectivity index (χ0v) is 12.9. The van der Waals surface area contributed by atoms with E-state index in [4.69, 9.17) is 0 Å². The summed E-state index contributed by atoms with van der Waals surface area (Å²) in [5.41, 5.74) is 0.686. The Morgan fingerprint density at radius 3 is 2.56 bits per heavy atom. The van der Waals surface area contributed by atoms with Gasteiger partial charge >= 0.3 is 0 Å². The summed E-state index contributed by atoms with van der Waals surface area (Å²) in [4.78, 5) is 15.3. The topological polar surface area (TPSA) is 29.1 Å². The molecule has 1 amide bonds. The molecule has 100 valence electrons. The van der Waals surface area contributed by atoms with Crippen LogP contribution in [-0.4, -0.2) is 14.1 Å². The fraction of sp³-hybridized carbons (Fsp3) is 0.667. The van der Waals surface area contributed by atoms with E-state index in [0.717, 1.165) is 0 Å². The summed E-state index contributed by atoms with van der Waals surface area (Å²) in [6.45, 7) is 8.57. The maximum Gasteiger partial charge on any atom is 0.214 e. The summed E-state index contributed by atoms with van der Waals surface area (Å²) in [5.74, 6) is 1.69. The molecule has 2 aliphatic carbocycles. The maximum atomic E-state index is 12.0. The van der Waals surface area contributed by atoms with Gasteiger partial charge < -0.3 is 4.98 Å². The number of amides is 1. The van der Waals surface area contributed by atoms with Crippen LogP contribution in [0, 0.1) is 17.8 Å².